The van der Waals surface area contributed by atoms with Gasteiger partial charge >= 0.3 is 0 Å². The van der Waals surface area contributed by atoms with Crippen LogP contribution >= 0.6 is 0 Å². The van der Waals surface area contributed by atoms with Crippen LogP contribution in [-0.4, -0.2) is 68.6 Å². The molecular formula is C22H37N5. The Bertz CT molecular complexity index is 567. The van der Waals surface area contributed by atoms with Crippen LogP contribution in [0.3, 0.4) is 0 Å². The monoisotopic (exact) mass is 371 g/mol. The van der Waals surface area contributed by atoms with E-state index in [1.807, 2.05) is 0 Å². The smallest absolute Gasteiger partial charge is 0.191 e. The molecule has 0 aromatic heterocycles. The molecule has 5 nitrogen and oxygen atoms in total. The number of likely N-dealkylation sites (tertiary alicyclic amines) is 2. The third-order valence-corrected chi connectivity index (χ3v) is 5.81. The van der Waals surface area contributed by atoms with Crippen molar-refractivity contribution in [1.82, 2.24) is 20.4 Å². The van der Waals surface area contributed by atoms with Crippen molar-refractivity contribution in [3.8, 4) is 0 Å². The molecule has 2 fully saturated rings. The van der Waals surface area contributed by atoms with Crippen molar-refractivity contribution >= 4 is 5.96 Å². The highest BCUT2D eigenvalue weighted by Gasteiger charge is 2.23. The van der Waals surface area contributed by atoms with Gasteiger partial charge in [0.2, 0.25) is 0 Å². The fourth-order valence-corrected chi connectivity index (χ4v) is 4.36. The summed E-state index contributed by atoms with van der Waals surface area (Å²) in [5, 5.41) is 7.04. The minimum absolute atomic E-state index is 0.380. The highest BCUT2D eigenvalue weighted by Crippen LogP contribution is 2.25. The Hall–Kier alpha value is -1.59. The maximum absolute atomic E-state index is 4.98. The molecule has 2 unspecified atom stereocenters. The number of rotatable bonds is 7. The SMILES string of the molecule is CCNC(=NCC(c1ccccc1)N1CCCC1)NCC1CCCN(C)C1. The van der Waals surface area contributed by atoms with Crippen LogP contribution in [0.15, 0.2) is 35.3 Å². The molecule has 1 aromatic rings. The fourth-order valence-electron chi connectivity index (χ4n) is 4.36. The zero-order valence-corrected chi connectivity index (χ0v) is 17.2. The molecule has 2 N–H and O–H groups in total. The van der Waals surface area contributed by atoms with Gasteiger partial charge in [0.25, 0.3) is 0 Å². The van der Waals surface area contributed by atoms with E-state index in [9.17, 15) is 0 Å². The van der Waals surface area contributed by atoms with Gasteiger partial charge in [0, 0.05) is 19.6 Å². The quantitative estimate of drug-likeness (QED) is 0.571. The maximum Gasteiger partial charge on any atom is 0.191 e. The Balaban J connectivity index is 1.62. The molecule has 2 aliphatic heterocycles. The van der Waals surface area contributed by atoms with Gasteiger partial charge in [-0.15, -0.1) is 0 Å². The van der Waals surface area contributed by atoms with Crippen LogP contribution in [-0.2, 0) is 0 Å². The lowest BCUT2D eigenvalue weighted by molar-refractivity contribution is 0.210. The van der Waals surface area contributed by atoms with Crippen LogP contribution in [0.5, 0.6) is 0 Å². The molecule has 0 bridgehead atoms. The molecule has 0 spiro atoms. The van der Waals surface area contributed by atoms with Crippen molar-refractivity contribution in [3.63, 3.8) is 0 Å². The summed E-state index contributed by atoms with van der Waals surface area (Å²) in [5.41, 5.74) is 1.38. The molecule has 1 aromatic carbocycles. The molecule has 2 aliphatic rings. The second-order valence-electron chi connectivity index (χ2n) is 8.04. The molecule has 150 valence electrons. The fraction of sp³-hybridized carbons (Fsp3) is 0.682. The zero-order chi connectivity index (χ0) is 18.9. The third kappa shape index (κ3) is 6.22. The van der Waals surface area contributed by atoms with Crippen LogP contribution in [0.4, 0.5) is 0 Å². The van der Waals surface area contributed by atoms with Crippen LogP contribution in [0.1, 0.15) is 44.2 Å². The van der Waals surface area contributed by atoms with E-state index >= 15 is 0 Å². The molecule has 5 heteroatoms. The van der Waals surface area contributed by atoms with Gasteiger partial charge < -0.3 is 15.5 Å². The first-order valence-electron chi connectivity index (χ1n) is 10.8. The van der Waals surface area contributed by atoms with Gasteiger partial charge in [0.05, 0.1) is 12.6 Å². The number of hydrogen-bond donors (Lipinski definition) is 2. The number of guanidine groups is 1. The van der Waals surface area contributed by atoms with Crippen LogP contribution < -0.4 is 10.6 Å². The first kappa shape index (κ1) is 20.2. The van der Waals surface area contributed by atoms with E-state index in [4.69, 9.17) is 4.99 Å². The van der Waals surface area contributed by atoms with Gasteiger partial charge in [-0.2, -0.15) is 0 Å². The highest BCUT2D eigenvalue weighted by atomic mass is 15.2. The van der Waals surface area contributed by atoms with Crippen molar-refractivity contribution in [2.45, 2.75) is 38.6 Å². The van der Waals surface area contributed by atoms with Crippen molar-refractivity contribution in [2.24, 2.45) is 10.9 Å². The van der Waals surface area contributed by atoms with Crippen LogP contribution in [0.2, 0.25) is 0 Å². The number of nitrogens with one attached hydrogen (secondary N) is 2. The number of hydrogen-bond acceptors (Lipinski definition) is 3. The molecule has 0 radical (unpaired) electrons. The second-order valence-corrected chi connectivity index (χ2v) is 8.04. The topological polar surface area (TPSA) is 42.9 Å². The van der Waals surface area contributed by atoms with E-state index in [2.05, 4.69) is 64.7 Å². The van der Waals surface area contributed by atoms with E-state index in [1.54, 1.807) is 0 Å². The van der Waals surface area contributed by atoms with Crippen LogP contribution in [0, 0.1) is 5.92 Å². The average molecular weight is 372 g/mol. The molecule has 2 heterocycles. The van der Waals surface area contributed by atoms with Crippen LogP contribution in [0.25, 0.3) is 0 Å². The molecule has 27 heavy (non-hydrogen) atoms. The minimum atomic E-state index is 0.380. The zero-order valence-electron chi connectivity index (χ0n) is 17.2. The standard InChI is InChI=1S/C22H37N5/c1-3-23-22(24-16-19-10-9-13-26(2)18-19)25-17-21(27-14-7-8-15-27)20-11-5-4-6-12-20/h4-6,11-12,19,21H,3,7-10,13-18H2,1-2H3,(H2,23,24,25). The number of piperidine rings is 1. The van der Waals surface area contributed by atoms with E-state index in [-0.39, 0.29) is 0 Å². The van der Waals surface area contributed by atoms with E-state index in [0.717, 1.165) is 31.5 Å². The predicted molar refractivity (Wildman–Crippen MR) is 114 cm³/mol. The lowest BCUT2D eigenvalue weighted by atomic mass is 9.99. The molecular weight excluding hydrogens is 334 g/mol. The summed E-state index contributed by atoms with van der Waals surface area (Å²) in [6.07, 6.45) is 5.24. The molecule has 3 rings (SSSR count). The Morgan fingerprint density at radius 2 is 1.89 bits per heavy atom. The van der Waals surface area contributed by atoms with Crippen molar-refractivity contribution in [3.05, 3.63) is 35.9 Å². The number of nitrogens with zero attached hydrogens (tertiary/aromatic N) is 3. The minimum Gasteiger partial charge on any atom is -0.357 e. The Kier molecular flexibility index (Phi) is 7.96. The lowest BCUT2D eigenvalue weighted by Gasteiger charge is -2.30. The number of benzene rings is 1. The van der Waals surface area contributed by atoms with Gasteiger partial charge in [0.1, 0.15) is 0 Å². The van der Waals surface area contributed by atoms with Gasteiger partial charge in [-0.1, -0.05) is 30.3 Å². The summed E-state index contributed by atoms with van der Waals surface area (Å²) in [7, 11) is 2.23. The summed E-state index contributed by atoms with van der Waals surface area (Å²) < 4.78 is 0. The van der Waals surface area contributed by atoms with Crippen molar-refractivity contribution in [1.29, 1.82) is 0 Å². The molecule has 2 atom stereocenters. The van der Waals surface area contributed by atoms with E-state index in [1.165, 1.54) is 57.4 Å². The summed E-state index contributed by atoms with van der Waals surface area (Å²) in [6.45, 7) is 9.66. The first-order valence-corrected chi connectivity index (χ1v) is 10.8. The van der Waals surface area contributed by atoms with Crippen molar-refractivity contribution in [2.75, 3.05) is 52.9 Å². The summed E-state index contributed by atoms with van der Waals surface area (Å²) in [4.78, 5) is 10.0. The molecule has 0 aliphatic carbocycles. The maximum atomic E-state index is 4.98. The van der Waals surface area contributed by atoms with Crippen molar-refractivity contribution < 1.29 is 0 Å². The van der Waals surface area contributed by atoms with Gasteiger partial charge in [-0.3, -0.25) is 9.89 Å². The van der Waals surface area contributed by atoms with E-state index < -0.39 is 0 Å². The summed E-state index contributed by atoms with van der Waals surface area (Å²) in [6, 6.07) is 11.3. The Morgan fingerprint density at radius 3 is 2.59 bits per heavy atom. The average Bonchev–Trinajstić information content (AvgIpc) is 3.21. The first-order chi connectivity index (χ1) is 13.3. The molecule has 0 saturated carbocycles. The second kappa shape index (κ2) is 10.7. The normalized spacial score (nSPS) is 23.3. The molecule has 0 amide bonds. The van der Waals surface area contributed by atoms with Gasteiger partial charge in [-0.05, 0) is 70.8 Å². The highest BCUT2D eigenvalue weighted by molar-refractivity contribution is 5.79. The van der Waals surface area contributed by atoms with E-state index in [0.29, 0.717) is 6.04 Å². The number of aliphatic imine (C=N–C) groups is 1. The summed E-state index contributed by atoms with van der Waals surface area (Å²) in [5.74, 6) is 1.68. The third-order valence-electron chi connectivity index (χ3n) is 5.81. The Labute approximate surface area is 165 Å². The van der Waals surface area contributed by atoms with Gasteiger partial charge in [-0.25, -0.2) is 0 Å². The Morgan fingerprint density at radius 1 is 1.11 bits per heavy atom. The largest absolute Gasteiger partial charge is 0.357 e. The summed E-state index contributed by atoms with van der Waals surface area (Å²) >= 11 is 0. The lowest BCUT2D eigenvalue weighted by Crippen LogP contribution is -2.44. The predicted octanol–water partition coefficient (Wildman–Crippen LogP) is 2.72. The molecule has 2 saturated heterocycles. The van der Waals surface area contributed by atoms with Gasteiger partial charge in [0.15, 0.2) is 5.96 Å².